The molecule has 0 atom stereocenters. The van der Waals surface area contributed by atoms with Gasteiger partial charge in [-0.2, -0.15) is 0 Å². The van der Waals surface area contributed by atoms with Crippen LogP contribution in [0.2, 0.25) is 0 Å². The summed E-state index contributed by atoms with van der Waals surface area (Å²) < 4.78 is 5.31. The minimum Gasteiger partial charge on any atom is -0.508 e. The molecular formula is C10H10O3. The largest absolute Gasteiger partial charge is 0.508 e. The Labute approximate surface area is 76.0 Å². The lowest BCUT2D eigenvalue weighted by Crippen LogP contribution is -1.96. The van der Waals surface area contributed by atoms with E-state index >= 15 is 0 Å². The average molecular weight is 178 g/mol. The van der Waals surface area contributed by atoms with E-state index in [0.29, 0.717) is 17.9 Å². The van der Waals surface area contributed by atoms with Gasteiger partial charge in [0.1, 0.15) is 11.5 Å². The van der Waals surface area contributed by atoms with Gasteiger partial charge in [0.15, 0.2) is 5.78 Å². The second-order valence-electron chi connectivity index (χ2n) is 3.14. The van der Waals surface area contributed by atoms with Gasteiger partial charge in [0.05, 0.1) is 12.2 Å². The maximum Gasteiger partial charge on any atom is 0.163 e. The lowest BCUT2D eigenvalue weighted by Gasteiger charge is -2.05. The molecule has 1 aliphatic heterocycles. The maximum atomic E-state index is 11.2. The first-order chi connectivity index (χ1) is 6.18. The third kappa shape index (κ3) is 1.26. The first kappa shape index (κ1) is 8.10. The number of aromatic hydroxyl groups is 1. The SMILES string of the molecule is CC(=O)c1cc(O)cc2c1OCC2. The van der Waals surface area contributed by atoms with Crippen LogP contribution in [0.25, 0.3) is 0 Å². The Morgan fingerprint density at radius 3 is 3.00 bits per heavy atom. The summed E-state index contributed by atoms with van der Waals surface area (Å²) in [4.78, 5) is 11.2. The molecule has 0 saturated carbocycles. The molecule has 1 aliphatic rings. The van der Waals surface area contributed by atoms with E-state index in [0.717, 1.165) is 12.0 Å². The van der Waals surface area contributed by atoms with Gasteiger partial charge in [-0.1, -0.05) is 0 Å². The highest BCUT2D eigenvalue weighted by Crippen LogP contribution is 2.33. The molecular weight excluding hydrogens is 168 g/mol. The highest BCUT2D eigenvalue weighted by Gasteiger charge is 2.19. The summed E-state index contributed by atoms with van der Waals surface area (Å²) in [6.07, 6.45) is 0.768. The van der Waals surface area contributed by atoms with E-state index in [1.165, 1.54) is 13.0 Å². The molecule has 1 heterocycles. The molecule has 3 nitrogen and oxygen atoms in total. The highest BCUT2D eigenvalue weighted by atomic mass is 16.5. The molecule has 3 heteroatoms. The Morgan fingerprint density at radius 2 is 2.31 bits per heavy atom. The van der Waals surface area contributed by atoms with Crippen molar-refractivity contribution in [1.82, 2.24) is 0 Å². The molecule has 1 aromatic carbocycles. The third-order valence-electron chi connectivity index (χ3n) is 2.15. The van der Waals surface area contributed by atoms with Crippen molar-refractivity contribution in [1.29, 1.82) is 0 Å². The molecule has 68 valence electrons. The zero-order chi connectivity index (χ0) is 9.42. The van der Waals surface area contributed by atoms with Crippen molar-refractivity contribution in [3.63, 3.8) is 0 Å². The van der Waals surface area contributed by atoms with Gasteiger partial charge in [-0.05, 0) is 19.1 Å². The fourth-order valence-corrected chi connectivity index (χ4v) is 1.55. The maximum absolute atomic E-state index is 11.2. The van der Waals surface area contributed by atoms with E-state index in [1.807, 2.05) is 0 Å². The molecule has 0 aromatic heterocycles. The van der Waals surface area contributed by atoms with E-state index < -0.39 is 0 Å². The molecule has 0 bridgehead atoms. The van der Waals surface area contributed by atoms with Crippen LogP contribution in [0.1, 0.15) is 22.8 Å². The Bertz CT molecular complexity index is 369. The van der Waals surface area contributed by atoms with Gasteiger partial charge < -0.3 is 9.84 Å². The van der Waals surface area contributed by atoms with Crippen LogP contribution in [0.4, 0.5) is 0 Å². The number of hydrogen-bond acceptors (Lipinski definition) is 3. The van der Waals surface area contributed by atoms with E-state index in [4.69, 9.17) is 4.74 Å². The lowest BCUT2D eigenvalue weighted by atomic mass is 10.1. The Hall–Kier alpha value is -1.51. The minimum absolute atomic E-state index is 0.0750. The highest BCUT2D eigenvalue weighted by molar-refractivity contribution is 5.97. The quantitative estimate of drug-likeness (QED) is 0.663. The molecule has 13 heavy (non-hydrogen) atoms. The van der Waals surface area contributed by atoms with Crippen LogP contribution in [-0.2, 0) is 6.42 Å². The van der Waals surface area contributed by atoms with Gasteiger partial charge >= 0.3 is 0 Å². The van der Waals surface area contributed by atoms with Crippen molar-refractivity contribution in [2.45, 2.75) is 13.3 Å². The van der Waals surface area contributed by atoms with Crippen molar-refractivity contribution in [3.8, 4) is 11.5 Å². The van der Waals surface area contributed by atoms with Gasteiger partial charge in [0, 0.05) is 12.0 Å². The topological polar surface area (TPSA) is 46.5 Å². The number of rotatable bonds is 1. The number of fused-ring (bicyclic) bond motifs is 1. The molecule has 2 rings (SSSR count). The van der Waals surface area contributed by atoms with Crippen molar-refractivity contribution < 1.29 is 14.6 Å². The number of carbonyl (C=O) groups excluding carboxylic acids is 1. The predicted molar refractivity (Wildman–Crippen MR) is 47.3 cm³/mol. The average Bonchev–Trinajstić information content (AvgIpc) is 2.49. The number of phenols is 1. The van der Waals surface area contributed by atoms with Crippen molar-refractivity contribution in [2.75, 3.05) is 6.61 Å². The second kappa shape index (κ2) is 2.76. The fourth-order valence-electron chi connectivity index (χ4n) is 1.55. The lowest BCUT2D eigenvalue weighted by molar-refractivity contribution is 0.101. The van der Waals surface area contributed by atoms with E-state index in [9.17, 15) is 9.90 Å². The van der Waals surface area contributed by atoms with E-state index in [-0.39, 0.29) is 11.5 Å². The van der Waals surface area contributed by atoms with E-state index in [2.05, 4.69) is 0 Å². The van der Waals surface area contributed by atoms with Crippen LogP contribution in [0.15, 0.2) is 12.1 Å². The normalized spacial score (nSPS) is 13.6. The Morgan fingerprint density at radius 1 is 1.54 bits per heavy atom. The van der Waals surface area contributed by atoms with Crippen LogP contribution in [-0.4, -0.2) is 17.5 Å². The summed E-state index contributed by atoms with van der Waals surface area (Å²) in [5.41, 5.74) is 1.40. The van der Waals surface area contributed by atoms with Gasteiger partial charge in [-0.25, -0.2) is 0 Å². The smallest absolute Gasteiger partial charge is 0.163 e. The Balaban J connectivity index is 2.62. The zero-order valence-electron chi connectivity index (χ0n) is 7.33. The Kier molecular flexibility index (Phi) is 1.72. The molecule has 0 radical (unpaired) electrons. The van der Waals surface area contributed by atoms with Crippen LogP contribution in [0.3, 0.4) is 0 Å². The van der Waals surface area contributed by atoms with Gasteiger partial charge in [-0.15, -0.1) is 0 Å². The second-order valence-corrected chi connectivity index (χ2v) is 3.14. The summed E-state index contributed by atoms with van der Waals surface area (Å²) in [5.74, 6) is 0.703. The summed E-state index contributed by atoms with van der Waals surface area (Å²) in [6.45, 7) is 2.07. The molecule has 0 saturated heterocycles. The van der Waals surface area contributed by atoms with Crippen molar-refractivity contribution in [2.24, 2.45) is 0 Å². The third-order valence-corrected chi connectivity index (χ3v) is 2.15. The first-order valence-corrected chi connectivity index (χ1v) is 4.18. The van der Waals surface area contributed by atoms with E-state index in [1.54, 1.807) is 6.07 Å². The zero-order valence-corrected chi connectivity index (χ0v) is 7.33. The fraction of sp³-hybridized carbons (Fsp3) is 0.300. The van der Waals surface area contributed by atoms with Gasteiger partial charge in [-0.3, -0.25) is 4.79 Å². The number of ether oxygens (including phenoxy) is 1. The number of carbonyl (C=O) groups is 1. The van der Waals surface area contributed by atoms with Gasteiger partial charge in [0.2, 0.25) is 0 Å². The minimum atomic E-state index is -0.0750. The molecule has 0 amide bonds. The van der Waals surface area contributed by atoms with Gasteiger partial charge in [0.25, 0.3) is 0 Å². The molecule has 0 fully saturated rings. The number of Topliss-reactive ketones (excluding diaryl/α,β-unsaturated/α-hetero) is 1. The monoisotopic (exact) mass is 178 g/mol. The predicted octanol–water partition coefficient (Wildman–Crippen LogP) is 1.53. The number of ketones is 1. The number of phenolic OH excluding ortho intramolecular Hbond substituents is 1. The van der Waals surface area contributed by atoms with Crippen LogP contribution in [0, 0.1) is 0 Å². The van der Waals surface area contributed by atoms with Crippen molar-refractivity contribution in [3.05, 3.63) is 23.3 Å². The summed E-state index contributed by atoms with van der Waals surface area (Å²) >= 11 is 0. The molecule has 1 N–H and O–H groups in total. The first-order valence-electron chi connectivity index (χ1n) is 4.18. The molecule has 1 aromatic rings. The number of benzene rings is 1. The standard InChI is InChI=1S/C10H10O3/c1-6(11)9-5-8(12)4-7-2-3-13-10(7)9/h4-5,12H,2-3H2,1H3. The summed E-state index contributed by atoms with van der Waals surface area (Å²) in [7, 11) is 0. The number of hydrogen-bond donors (Lipinski definition) is 1. The molecule has 0 unspecified atom stereocenters. The molecule has 0 aliphatic carbocycles. The van der Waals surface area contributed by atoms with Crippen LogP contribution < -0.4 is 4.74 Å². The molecule has 0 spiro atoms. The van der Waals surface area contributed by atoms with Crippen LogP contribution >= 0.6 is 0 Å². The van der Waals surface area contributed by atoms with Crippen LogP contribution in [0.5, 0.6) is 11.5 Å². The summed E-state index contributed by atoms with van der Waals surface area (Å²) in [6, 6.07) is 3.10. The summed E-state index contributed by atoms with van der Waals surface area (Å²) in [5, 5.41) is 9.32. The van der Waals surface area contributed by atoms with Crippen molar-refractivity contribution >= 4 is 5.78 Å².